The number of hydrogen-bond acceptors (Lipinski definition) is 5. The average molecular weight is 523 g/mol. The molecule has 1 aromatic heterocycles. The lowest BCUT2D eigenvalue weighted by Crippen LogP contribution is -2.37. The molecule has 2 aromatic carbocycles. The first-order valence-electron chi connectivity index (χ1n) is 9.85. The fraction of sp³-hybridized carbons (Fsp3) is 0.409. The van der Waals surface area contributed by atoms with Crippen molar-refractivity contribution in [1.82, 2.24) is 20.8 Å². The maximum absolute atomic E-state index is 5.86. The van der Waals surface area contributed by atoms with Gasteiger partial charge in [-0.15, -0.1) is 24.0 Å². The fourth-order valence-electron chi connectivity index (χ4n) is 2.74. The van der Waals surface area contributed by atoms with Crippen LogP contribution in [0.1, 0.15) is 38.9 Å². The number of nitrogens with one attached hydrogen (secondary N) is 2. The summed E-state index contributed by atoms with van der Waals surface area (Å²) in [6.07, 6.45) is 0.851. The van der Waals surface area contributed by atoms with E-state index in [9.17, 15) is 0 Å². The maximum Gasteiger partial charge on any atom is 0.232 e. The Bertz CT molecular complexity index is 965. The molecule has 3 rings (SSSR count). The van der Waals surface area contributed by atoms with E-state index < -0.39 is 0 Å². The molecule has 0 unspecified atom stereocenters. The molecule has 30 heavy (non-hydrogen) atoms. The van der Waals surface area contributed by atoms with Crippen LogP contribution < -0.4 is 15.4 Å². The highest BCUT2D eigenvalue weighted by Gasteiger charge is 2.21. The van der Waals surface area contributed by atoms with Gasteiger partial charge in [-0.1, -0.05) is 56.3 Å². The zero-order valence-electron chi connectivity index (χ0n) is 17.9. The Morgan fingerprint density at radius 2 is 1.87 bits per heavy atom. The number of ether oxygens (including phenoxy) is 1. The van der Waals surface area contributed by atoms with Gasteiger partial charge in [-0.05, 0) is 29.3 Å². The molecular weight excluding hydrogens is 493 g/mol. The Labute approximate surface area is 194 Å². The molecule has 0 fully saturated rings. The van der Waals surface area contributed by atoms with Crippen LogP contribution in [-0.4, -0.2) is 36.3 Å². The van der Waals surface area contributed by atoms with Gasteiger partial charge in [-0.2, -0.15) is 4.98 Å². The van der Waals surface area contributed by atoms with Crippen LogP contribution in [-0.2, 0) is 12.0 Å². The molecule has 0 saturated heterocycles. The molecular formula is C22H30IN5O2. The zero-order valence-corrected chi connectivity index (χ0v) is 20.3. The van der Waals surface area contributed by atoms with Gasteiger partial charge in [0.15, 0.2) is 11.8 Å². The van der Waals surface area contributed by atoms with Crippen LogP contribution in [0.3, 0.4) is 0 Å². The van der Waals surface area contributed by atoms with Crippen molar-refractivity contribution in [3.05, 3.63) is 54.2 Å². The van der Waals surface area contributed by atoms with Gasteiger partial charge >= 0.3 is 0 Å². The summed E-state index contributed by atoms with van der Waals surface area (Å²) >= 11 is 0. The summed E-state index contributed by atoms with van der Waals surface area (Å²) in [5, 5.41) is 12.9. The smallest absolute Gasteiger partial charge is 0.232 e. The Kier molecular flexibility index (Phi) is 8.88. The normalized spacial score (nSPS) is 11.8. The van der Waals surface area contributed by atoms with Crippen molar-refractivity contribution in [2.75, 3.05) is 20.2 Å². The lowest BCUT2D eigenvalue weighted by molar-refractivity contribution is 0.311. The number of benzene rings is 2. The van der Waals surface area contributed by atoms with E-state index >= 15 is 0 Å². The molecule has 0 radical (unpaired) electrons. The Hall–Kier alpha value is -2.36. The number of fused-ring (bicyclic) bond motifs is 1. The van der Waals surface area contributed by atoms with Crippen molar-refractivity contribution in [1.29, 1.82) is 0 Å². The minimum Gasteiger partial charge on any atom is -0.494 e. The summed E-state index contributed by atoms with van der Waals surface area (Å²) in [5.41, 5.74) is -0.157. The summed E-state index contributed by atoms with van der Waals surface area (Å²) in [7, 11) is 1.73. The van der Waals surface area contributed by atoms with E-state index in [1.165, 1.54) is 10.8 Å². The third-order valence-corrected chi connectivity index (χ3v) is 4.35. The van der Waals surface area contributed by atoms with Crippen molar-refractivity contribution < 1.29 is 9.26 Å². The first-order chi connectivity index (χ1) is 14.0. The summed E-state index contributed by atoms with van der Waals surface area (Å²) in [5.74, 6) is 2.82. The first kappa shape index (κ1) is 23.9. The van der Waals surface area contributed by atoms with Crippen molar-refractivity contribution in [2.24, 2.45) is 4.99 Å². The SMILES string of the molecule is CN=C(NCCCOc1ccc2ccccc2c1)NCc1noc(C(C)(C)C)n1.I. The molecule has 0 saturated carbocycles. The summed E-state index contributed by atoms with van der Waals surface area (Å²) in [6, 6.07) is 14.4. The van der Waals surface area contributed by atoms with Gasteiger partial charge in [0.25, 0.3) is 0 Å². The molecule has 0 atom stereocenters. The van der Waals surface area contributed by atoms with Gasteiger partial charge in [0, 0.05) is 19.0 Å². The Balaban J connectivity index is 0.00000320. The van der Waals surface area contributed by atoms with E-state index in [1.54, 1.807) is 7.05 Å². The van der Waals surface area contributed by atoms with Crippen LogP contribution >= 0.6 is 24.0 Å². The van der Waals surface area contributed by atoms with E-state index in [1.807, 2.05) is 39.0 Å². The largest absolute Gasteiger partial charge is 0.494 e. The molecule has 3 aromatic rings. The van der Waals surface area contributed by atoms with Crippen LogP contribution in [0, 0.1) is 0 Å². The first-order valence-corrected chi connectivity index (χ1v) is 9.85. The zero-order chi connectivity index (χ0) is 20.7. The van der Waals surface area contributed by atoms with Gasteiger partial charge in [0.05, 0.1) is 13.2 Å². The summed E-state index contributed by atoms with van der Waals surface area (Å²) in [4.78, 5) is 8.63. The third kappa shape index (κ3) is 6.86. The van der Waals surface area contributed by atoms with E-state index in [2.05, 4.69) is 50.0 Å². The van der Waals surface area contributed by atoms with Gasteiger partial charge in [-0.25, -0.2) is 0 Å². The van der Waals surface area contributed by atoms with E-state index in [4.69, 9.17) is 9.26 Å². The molecule has 0 bridgehead atoms. The summed E-state index contributed by atoms with van der Waals surface area (Å²) < 4.78 is 11.2. The Morgan fingerprint density at radius 3 is 2.57 bits per heavy atom. The highest BCUT2D eigenvalue weighted by molar-refractivity contribution is 14.0. The fourth-order valence-corrected chi connectivity index (χ4v) is 2.74. The molecule has 0 aliphatic heterocycles. The highest BCUT2D eigenvalue weighted by atomic mass is 127. The number of aliphatic imine (C=N–C) groups is 1. The molecule has 162 valence electrons. The predicted molar refractivity (Wildman–Crippen MR) is 131 cm³/mol. The number of hydrogen-bond donors (Lipinski definition) is 2. The molecule has 7 nitrogen and oxygen atoms in total. The van der Waals surface area contributed by atoms with Crippen molar-refractivity contribution >= 4 is 40.7 Å². The Morgan fingerprint density at radius 1 is 1.10 bits per heavy atom. The quantitative estimate of drug-likeness (QED) is 0.208. The molecule has 0 aliphatic rings. The van der Waals surface area contributed by atoms with Crippen molar-refractivity contribution in [2.45, 2.75) is 39.2 Å². The monoisotopic (exact) mass is 523 g/mol. The molecule has 8 heteroatoms. The van der Waals surface area contributed by atoms with Crippen LogP contribution in [0.4, 0.5) is 0 Å². The second-order valence-corrected chi connectivity index (χ2v) is 7.83. The van der Waals surface area contributed by atoms with Crippen molar-refractivity contribution in [3.8, 4) is 5.75 Å². The number of guanidine groups is 1. The lowest BCUT2D eigenvalue weighted by atomic mass is 9.97. The minimum atomic E-state index is -0.157. The molecule has 2 N–H and O–H groups in total. The standard InChI is InChI=1S/C22H29N5O2.HI/c1-22(2,3)20-26-19(27-29-20)15-25-21(23-4)24-12-7-13-28-18-11-10-16-8-5-6-9-17(16)14-18;/h5-6,8-11,14H,7,12-13,15H2,1-4H3,(H2,23,24,25);1H. The van der Waals surface area contributed by atoms with E-state index in [0.29, 0.717) is 30.8 Å². The maximum atomic E-state index is 5.86. The molecule has 1 heterocycles. The van der Waals surface area contributed by atoms with Gasteiger partial charge in [0.2, 0.25) is 5.89 Å². The predicted octanol–water partition coefficient (Wildman–Crippen LogP) is 4.27. The second-order valence-electron chi connectivity index (χ2n) is 7.83. The number of rotatable bonds is 7. The van der Waals surface area contributed by atoms with Crippen molar-refractivity contribution in [3.63, 3.8) is 0 Å². The van der Waals surface area contributed by atoms with E-state index in [0.717, 1.165) is 18.7 Å². The van der Waals surface area contributed by atoms with Crippen LogP contribution in [0.15, 0.2) is 52.0 Å². The van der Waals surface area contributed by atoms with Crippen LogP contribution in [0.2, 0.25) is 0 Å². The van der Waals surface area contributed by atoms with Gasteiger partial charge in [-0.3, -0.25) is 4.99 Å². The van der Waals surface area contributed by atoms with E-state index in [-0.39, 0.29) is 29.4 Å². The molecule has 0 aliphatic carbocycles. The highest BCUT2D eigenvalue weighted by Crippen LogP contribution is 2.21. The van der Waals surface area contributed by atoms with Gasteiger partial charge in [0.1, 0.15) is 5.75 Å². The minimum absolute atomic E-state index is 0. The summed E-state index contributed by atoms with van der Waals surface area (Å²) in [6.45, 7) is 7.94. The topological polar surface area (TPSA) is 84.6 Å². The van der Waals surface area contributed by atoms with Crippen LogP contribution in [0.5, 0.6) is 5.75 Å². The average Bonchev–Trinajstić information content (AvgIpc) is 3.19. The number of aromatic nitrogens is 2. The number of halogens is 1. The number of nitrogens with zero attached hydrogens (tertiary/aromatic N) is 3. The third-order valence-electron chi connectivity index (χ3n) is 4.35. The molecule has 0 amide bonds. The van der Waals surface area contributed by atoms with Gasteiger partial charge < -0.3 is 19.9 Å². The molecule has 0 spiro atoms. The van der Waals surface area contributed by atoms with Crippen LogP contribution in [0.25, 0.3) is 10.8 Å². The second kappa shape index (κ2) is 11.1. The lowest BCUT2D eigenvalue weighted by Gasteiger charge is -2.12.